The minimum absolute atomic E-state index is 0.0439. The zero-order chi connectivity index (χ0) is 18.1. The molecule has 0 unspecified atom stereocenters. The molecule has 1 aromatic heterocycles. The van der Waals surface area contributed by atoms with E-state index >= 15 is 0 Å². The summed E-state index contributed by atoms with van der Waals surface area (Å²) in [5.41, 5.74) is 2.31. The van der Waals surface area contributed by atoms with Gasteiger partial charge in [0.05, 0.1) is 12.5 Å². The molecule has 2 heterocycles. The summed E-state index contributed by atoms with van der Waals surface area (Å²) in [5, 5.41) is 4.37. The summed E-state index contributed by atoms with van der Waals surface area (Å²) < 4.78 is 0. The van der Waals surface area contributed by atoms with Crippen molar-refractivity contribution in [2.24, 2.45) is 0 Å². The van der Waals surface area contributed by atoms with Gasteiger partial charge >= 0.3 is 0 Å². The van der Waals surface area contributed by atoms with Crippen LogP contribution in [0.15, 0.2) is 54.6 Å². The van der Waals surface area contributed by atoms with Gasteiger partial charge in [0.15, 0.2) is 0 Å². The molecule has 6 heteroatoms. The third-order valence-corrected chi connectivity index (χ3v) is 4.92. The molecule has 5 nitrogen and oxygen atoms in total. The summed E-state index contributed by atoms with van der Waals surface area (Å²) in [6.45, 7) is 0.903. The van der Waals surface area contributed by atoms with E-state index in [2.05, 4.69) is 10.3 Å². The van der Waals surface area contributed by atoms with E-state index in [1.54, 1.807) is 11.0 Å². The Morgan fingerprint density at radius 3 is 2.73 bits per heavy atom. The van der Waals surface area contributed by atoms with Crippen LogP contribution in [0.1, 0.15) is 28.5 Å². The van der Waals surface area contributed by atoms with Crippen molar-refractivity contribution in [3.63, 3.8) is 0 Å². The van der Waals surface area contributed by atoms with E-state index in [0.717, 1.165) is 16.5 Å². The van der Waals surface area contributed by atoms with E-state index in [4.69, 9.17) is 11.6 Å². The van der Waals surface area contributed by atoms with E-state index in [-0.39, 0.29) is 24.3 Å². The Morgan fingerprint density at radius 1 is 1.12 bits per heavy atom. The van der Waals surface area contributed by atoms with Crippen LogP contribution in [0.3, 0.4) is 0 Å². The van der Waals surface area contributed by atoms with Crippen LogP contribution in [0, 0.1) is 0 Å². The lowest BCUT2D eigenvalue weighted by Crippen LogP contribution is -2.36. The second kappa shape index (κ2) is 6.84. The van der Waals surface area contributed by atoms with Crippen molar-refractivity contribution in [3.8, 4) is 0 Å². The molecule has 4 rings (SSSR count). The number of aromatic amines is 1. The van der Waals surface area contributed by atoms with Crippen molar-refractivity contribution < 1.29 is 9.59 Å². The second-order valence-corrected chi connectivity index (χ2v) is 6.83. The third-order valence-electron chi connectivity index (χ3n) is 4.69. The average Bonchev–Trinajstić information content (AvgIpc) is 2.97. The number of hydrogen-bond donors (Lipinski definition) is 2. The molecule has 2 amide bonds. The molecule has 1 aliphatic rings. The Hall–Kier alpha value is -2.79. The first-order valence-corrected chi connectivity index (χ1v) is 8.90. The Kier molecular flexibility index (Phi) is 4.39. The first kappa shape index (κ1) is 16.7. The largest absolute Gasteiger partial charge is 0.354 e. The van der Waals surface area contributed by atoms with Crippen LogP contribution in [0.2, 0.25) is 5.02 Å². The van der Waals surface area contributed by atoms with E-state index in [0.29, 0.717) is 23.8 Å². The van der Waals surface area contributed by atoms with E-state index in [9.17, 15) is 9.59 Å². The van der Waals surface area contributed by atoms with Crippen LogP contribution in [-0.4, -0.2) is 34.8 Å². The number of rotatable bonds is 2. The lowest BCUT2D eigenvalue weighted by atomic mass is 10.0. The van der Waals surface area contributed by atoms with Gasteiger partial charge in [-0.25, -0.2) is 0 Å². The van der Waals surface area contributed by atoms with Crippen LogP contribution in [0.25, 0.3) is 10.9 Å². The number of aromatic nitrogens is 1. The van der Waals surface area contributed by atoms with Crippen molar-refractivity contribution in [1.82, 2.24) is 15.2 Å². The molecule has 1 fully saturated rings. The van der Waals surface area contributed by atoms with Crippen LogP contribution in [-0.2, 0) is 4.79 Å². The fourth-order valence-corrected chi connectivity index (χ4v) is 3.60. The smallest absolute Gasteiger partial charge is 0.270 e. The number of H-pyrrole nitrogens is 1. The van der Waals surface area contributed by atoms with Gasteiger partial charge in [0.25, 0.3) is 5.91 Å². The molecule has 0 saturated carbocycles. The first-order chi connectivity index (χ1) is 12.6. The van der Waals surface area contributed by atoms with Crippen molar-refractivity contribution in [1.29, 1.82) is 0 Å². The molecule has 1 saturated heterocycles. The zero-order valence-electron chi connectivity index (χ0n) is 14.0. The maximum absolute atomic E-state index is 13.2. The predicted molar refractivity (Wildman–Crippen MR) is 101 cm³/mol. The van der Waals surface area contributed by atoms with E-state index in [1.807, 2.05) is 48.5 Å². The fraction of sp³-hybridized carbons (Fsp3) is 0.200. The Bertz CT molecular complexity index is 968. The number of amides is 2. The van der Waals surface area contributed by atoms with Gasteiger partial charge in [-0.15, -0.1) is 0 Å². The standard InChI is InChI=1S/C20H18ClN3O2/c21-15-6-7-16-14(10-15)11-17(23-16)20(26)24-9-8-22-19(25)12-18(24)13-4-2-1-3-5-13/h1-7,10-11,18,23H,8-9,12H2,(H,22,25)/t18-/m0/s1. The molecular formula is C20H18ClN3O2. The van der Waals surface area contributed by atoms with E-state index in [1.165, 1.54) is 0 Å². The number of halogens is 1. The number of carbonyl (C=O) groups is 2. The summed E-state index contributed by atoms with van der Waals surface area (Å²) in [5.74, 6) is -0.166. The number of nitrogens with one attached hydrogen (secondary N) is 2. The highest BCUT2D eigenvalue weighted by Crippen LogP contribution is 2.28. The van der Waals surface area contributed by atoms with Gasteiger partial charge in [0, 0.05) is 29.0 Å². The summed E-state index contributed by atoms with van der Waals surface area (Å²) in [7, 11) is 0. The lowest BCUT2D eigenvalue weighted by molar-refractivity contribution is -0.121. The summed E-state index contributed by atoms with van der Waals surface area (Å²) in [4.78, 5) is 30.2. The van der Waals surface area contributed by atoms with Crippen LogP contribution >= 0.6 is 11.6 Å². The highest BCUT2D eigenvalue weighted by atomic mass is 35.5. The van der Waals surface area contributed by atoms with Crippen LogP contribution in [0.4, 0.5) is 0 Å². The van der Waals surface area contributed by atoms with Crippen molar-refractivity contribution in [2.45, 2.75) is 12.5 Å². The minimum Gasteiger partial charge on any atom is -0.354 e. The Labute approximate surface area is 155 Å². The molecule has 0 radical (unpaired) electrons. The van der Waals surface area contributed by atoms with Crippen molar-refractivity contribution in [2.75, 3.05) is 13.1 Å². The molecule has 0 bridgehead atoms. The Balaban J connectivity index is 1.71. The Morgan fingerprint density at radius 2 is 1.92 bits per heavy atom. The zero-order valence-corrected chi connectivity index (χ0v) is 14.8. The normalized spacial score (nSPS) is 17.8. The molecule has 0 aliphatic carbocycles. The monoisotopic (exact) mass is 367 g/mol. The molecule has 2 N–H and O–H groups in total. The maximum atomic E-state index is 13.2. The highest BCUT2D eigenvalue weighted by molar-refractivity contribution is 6.31. The number of nitrogens with zero attached hydrogens (tertiary/aromatic N) is 1. The van der Waals surface area contributed by atoms with Gasteiger partial charge in [-0.2, -0.15) is 0 Å². The fourth-order valence-electron chi connectivity index (χ4n) is 3.42. The van der Waals surface area contributed by atoms with Gasteiger partial charge in [0.2, 0.25) is 5.91 Å². The second-order valence-electron chi connectivity index (χ2n) is 6.39. The first-order valence-electron chi connectivity index (χ1n) is 8.53. The molecule has 132 valence electrons. The molecule has 3 aromatic rings. The topological polar surface area (TPSA) is 65.2 Å². The minimum atomic E-state index is -0.291. The maximum Gasteiger partial charge on any atom is 0.270 e. The average molecular weight is 368 g/mol. The quantitative estimate of drug-likeness (QED) is 0.727. The SMILES string of the molecule is O=C1C[C@@H](c2ccccc2)N(C(=O)c2cc3cc(Cl)ccc3[nH]2)CCN1. The van der Waals surface area contributed by atoms with Gasteiger partial charge in [0.1, 0.15) is 5.69 Å². The number of hydrogen-bond acceptors (Lipinski definition) is 2. The predicted octanol–water partition coefficient (Wildman–Crippen LogP) is 3.52. The van der Waals surface area contributed by atoms with Crippen molar-refractivity contribution >= 4 is 34.3 Å². The van der Waals surface area contributed by atoms with E-state index < -0.39 is 0 Å². The van der Waals surface area contributed by atoms with Gasteiger partial charge in [-0.3, -0.25) is 9.59 Å². The highest BCUT2D eigenvalue weighted by Gasteiger charge is 2.31. The molecule has 2 aromatic carbocycles. The number of benzene rings is 2. The molecule has 0 spiro atoms. The summed E-state index contributed by atoms with van der Waals surface area (Å²) >= 11 is 6.04. The third kappa shape index (κ3) is 3.18. The summed E-state index contributed by atoms with van der Waals surface area (Å²) in [6.07, 6.45) is 0.252. The van der Waals surface area contributed by atoms with Gasteiger partial charge in [-0.1, -0.05) is 41.9 Å². The number of carbonyl (C=O) groups excluding carboxylic acids is 2. The summed E-state index contributed by atoms with van der Waals surface area (Å²) in [6, 6.07) is 16.7. The molecule has 26 heavy (non-hydrogen) atoms. The molecule has 1 atom stereocenters. The number of fused-ring (bicyclic) bond motifs is 1. The molecule has 1 aliphatic heterocycles. The van der Waals surface area contributed by atoms with Crippen LogP contribution < -0.4 is 5.32 Å². The molecular weight excluding hydrogens is 350 g/mol. The van der Waals surface area contributed by atoms with Crippen molar-refractivity contribution in [3.05, 3.63) is 70.9 Å². The lowest BCUT2D eigenvalue weighted by Gasteiger charge is -2.29. The van der Waals surface area contributed by atoms with Crippen LogP contribution in [0.5, 0.6) is 0 Å². The van der Waals surface area contributed by atoms with Gasteiger partial charge < -0.3 is 15.2 Å². The van der Waals surface area contributed by atoms with Gasteiger partial charge in [-0.05, 0) is 29.8 Å².